The molecule has 158 valence electrons. The quantitative estimate of drug-likeness (QED) is 0.618. The molecule has 1 heterocycles. The lowest BCUT2D eigenvalue weighted by Crippen LogP contribution is -2.29. The van der Waals surface area contributed by atoms with Crippen LogP contribution in [0.15, 0.2) is 72.8 Å². The second kappa shape index (κ2) is 9.34. The number of hydrogen-bond donors (Lipinski definition) is 2. The monoisotopic (exact) mass is 415 g/mol. The van der Waals surface area contributed by atoms with Crippen LogP contribution in [0.3, 0.4) is 0 Å². The Morgan fingerprint density at radius 1 is 1.00 bits per heavy atom. The van der Waals surface area contributed by atoms with E-state index >= 15 is 0 Å². The molecule has 6 nitrogen and oxygen atoms in total. The van der Waals surface area contributed by atoms with E-state index in [1.54, 1.807) is 12.1 Å². The molecule has 1 aliphatic heterocycles. The average Bonchev–Trinajstić information content (AvgIpc) is 3.22. The van der Waals surface area contributed by atoms with Crippen LogP contribution >= 0.6 is 0 Å². The highest BCUT2D eigenvalue weighted by Gasteiger charge is 2.25. The fraction of sp³-hybridized carbons (Fsp3) is 0.200. The van der Waals surface area contributed by atoms with Crippen molar-refractivity contribution in [1.82, 2.24) is 5.32 Å². The van der Waals surface area contributed by atoms with E-state index in [1.165, 1.54) is 0 Å². The van der Waals surface area contributed by atoms with E-state index in [1.807, 2.05) is 66.4 Å². The van der Waals surface area contributed by atoms with Gasteiger partial charge in [-0.05, 0) is 66.9 Å². The van der Waals surface area contributed by atoms with Gasteiger partial charge < -0.3 is 20.3 Å². The van der Waals surface area contributed by atoms with Crippen molar-refractivity contribution in [2.24, 2.45) is 0 Å². The molecule has 2 N–H and O–H groups in total. The maximum Gasteiger partial charge on any atom is 0.319 e. The fourth-order valence-corrected chi connectivity index (χ4v) is 3.67. The lowest BCUT2D eigenvalue weighted by Gasteiger charge is -2.17. The zero-order chi connectivity index (χ0) is 21.6. The number of nitrogens with zero attached hydrogens (tertiary/aromatic N) is 1. The van der Waals surface area contributed by atoms with E-state index in [0.717, 1.165) is 29.0 Å². The summed E-state index contributed by atoms with van der Waals surface area (Å²) in [6.07, 6.45) is 0.806. The van der Waals surface area contributed by atoms with E-state index in [-0.39, 0.29) is 11.9 Å². The zero-order valence-corrected chi connectivity index (χ0v) is 17.4. The molecule has 0 fully saturated rings. The molecule has 0 spiro atoms. The molecule has 6 heteroatoms. The largest absolute Gasteiger partial charge is 0.494 e. The molecule has 0 saturated heterocycles. The summed E-state index contributed by atoms with van der Waals surface area (Å²) in [5.74, 6) is 0.784. The highest BCUT2D eigenvalue weighted by molar-refractivity contribution is 6.07. The number of ether oxygens (including phenoxy) is 1. The number of fused-ring (bicyclic) bond motifs is 1. The standard InChI is InChI=1S/C25H25N3O3/c1-2-31-22-11-9-21(10-12-22)27-25(30)26-17-18-8-13-23-20(16-18)14-15-28(23)24(29)19-6-4-3-5-7-19/h3-13,16H,2,14-15,17H2,1H3,(H2,26,27,30). The van der Waals surface area contributed by atoms with Gasteiger partial charge in [-0.2, -0.15) is 0 Å². The highest BCUT2D eigenvalue weighted by atomic mass is 16.5. The molecular weight excluding hydrogens is 390 g/mol. The van der Waals surface area contributed by atoms with E-state index in [2.05, 4.69) is 16.7 Å². The first-order valence-electron chi connectivity index (χ1n) is 10.4. The van der Waals surface area contributed by atoms with Crippen molar-refractivity contribution < 1.29 is 14.3 Å². The summed E-state index contributed by atoms with van der Waals surface area (Å²) in [5.41, 5.74) is 4.44. The number of anilines is 2. The Kier molecular flexibility index (Phi) is 6.17. The van der Waals surface area contributed by atoms with Crippen LogP contribution in [0.2, 0.25) is 0 Å². The maximum atomic E-state index is 12.8. The number of amides is 3. The van der Waals surface area contributed by atoms with Gasteiger partial charge >= 0.3 is 6.03 Å². The molecule has 31 heavy (non-hydrogen) atoms. The van der Waals surface area contributed by atoms with E-state index < -0.39 is 0 Å². The fourth-order valence-electron chi connectivity index (χ4n) is 3.67. The highest BCUT2D eigenvalue weighted by Crippen LogP contribution is 2.30. The van der Waals surface area contributed by atoms with E-state index in [4.69, 9.17) is 4.74 Å². The third kappa shape index (κ3) is 4.86. The van der Waals surface area contributed by atoms with Crippen LogP contribution in [0.25, 0.3) is 0 Å². The lowest BCUT2D eigenvalue weighted by atomic mass is 10.1. The van der Waals surface area contributed by atoms with Crippen LogP contribution in [0.4, 0.5) is 16.2 Å². The Morgan fingerprint density at radius 3 is 2.52 bits per heavy atom. The Hall–Kier alpha value is -3.80. The number of carbonyl (C=O) groups excluding carboxylic acids is 2. The first kappa shape index (κ1) is 20.5. The van der Waals surface area contributed by atoms with Gasteiger partial charge in [0, 0.05) is 30.0 Å². The van der Waals surface area contributed by atoms with Crippen molar-refractivity contribution in [1.29, 1.82) is 0 Å². The Balaban J connectivity index is 1.34. The maximum absolute atomic E-state index is 12.8. The Bertz CT molecular complexity index is 1070. The molecule has 4 rings (SSSR count). The predicted octanol–water partition coefficient (Wildman–Crippen LogP) is 4.61. The van der Waals surface area contributed by atoms with Gasteiger partial charge in [0.1, 0.15) is 5.75 Å². The Morgan fingerprint density at radius 2 is 1.77 bits per heavy atom. The summed E-state index contributed by atoms with van der Waals surface area (Å²) in [6.45, 7) is 3.60. The normalized spacial score (nSPS) is 12.2. The smallest absolute Gasteiger partial charge is 0.319 e. The third-order valence-electron chi connectivity index (χ3n) is 5.18. The number of urea groups is 1. The van der Waals surface area contributed by atoms with Crippen LogP contribution in [0, 0.1) is 0 Å². The minimum absolute atomic E-state index is 0.0139. The molecule has 0 unspecified atom stereocenters. The van der Waals surface area contributed by atoms with Crippen molar-refractivity contribution in [3.05, 3.63) is 89.5 Å². The molecule has 0 atom stereocenters. The number of rotatable bonds is 6. The minimum Gasteiger partial charge on any atom is -0.494 e. The second-order valence-electron chi connectivity index (χ2n) is 7.30. The molecule has 0 aromatic heterocycles. The number of carbonyl (C=O) groups is 2. The summed E-state index contributed by atoms with van der Waals surface area (Å²) < 4.78 is 5.40. The molecular formula is C25H25N3O3. The van der Waals surface area contributed by atoms with Crippen molar-refractivity contribution >= 4 is 23.3 Å². The van der Waals surface area contributed by atoms with Crippen LogP contribution in [0.5, 0.6) is 5.75 Å². The van der Waals surface area contributed by atoms with Gasteiger partial charge in [0.15, 0.2) is 0 Å². The van der Waals surface area contributed by atoms with Crippen molar-refractivity contribution in [3.63, 3.8) is 0 Å². The summed E-state index contributed by atoms with van der Waals surface area (Å²) >= 11 is 0. The van der Waals surface area contributed by atoms with Crippen LogP contribution < -0.4 is 20.3 Å². The predicted molar refractivity (Wildman–Crippen MR) is 122 cm³/mol. The number of hydrogen-bond acceptors (Lipinski definition) is 3. The van der Waals surface area contributed by atoms with Gasteiger partial charge in [-0.1, -0.05) is 30.3 Å². The second-order valence-corrected chi connectivity index (χ2v) is 7.30. The molecule has 0 bridgehead atoms. The minimum atomic E-state index is -0.273. The van der Waals surface area contributed by atoms with Crippen molar-refractivity contribution in [2.45, 2.75) is 19.9 Å². The van der Waals surface area contributed by atoms with Gasteiger partial charge in [0.05, 0.1) is 6.61 Å². The third-order valence-corrected chi connectivity index (χ3v) is 5.18. The summed E-state index contributed by atoms with van der Waals surface area (Å²) in [4.78, 5) is 26.8. The van der Waals surface area contributed by atoms with E-state index in [9.17, 15) is 9.59 Å². The molecule has 0 radical (unpaired) electrons. The molecule has 3 aromatic rings. The first-order valence-corrected chi connectivity index (χ1v) is 10.4. The van der Waals surface area contributed by atoms with Gasteiger partial charge in [-0.3, -0.25) is 4.79 Å². The zero-order valence-electron chi connectivity index (χ0n) is 17.4. The average molecular weight is 415 g/mol. The molecule has 0 aliphatic carbocycles. The van der Waals surface area contributed by atoms with Gasteiger partial charge in [-0.25, -0.2) is 4.79 Å². The van der Waals surface area contributed by atoms with Crippen molar-refractivity contribution in [2.75, 3.05) is 23.4 Å². The van der Waals surface area contributed by atoms with Gasteiger partial charge in [0.25, 0.3) is 5.91 Å². The first-order chi connectivity index (χ1) is 15.1. The van der Waals surface area contributed by atoms with Gasteiger partial charge in [-0.15, -0.1) is 0 Å². The lowest BCUT2D eigenvalue weighted by molar-refractivity contribution is 0.0989. The van der Waals surface area contributed by atoms with E-state index in [0.29, 0.717) is 30.9 Å². The number of benzene rings is 3. The summed E-state index contributed by atoms with van der Waals surface area (Å²) in [7, 11) is 0. The summed E-state index contributed by atoms with van der Waals surface area (Å²) in [6, 6.07) is 22.3. The molecule has 3 aromatic carbocycles. The van der Waals surface area contributed by atoms with Crippen LogP contribution in [-0.2, 0) is 13.0 Å². The van der Waals surface area contributed by atoms with Crippen molar-refractivity contribution in [3.8, 4) is 5.75 Å². The molecule has 1 aliphatic rings. The topological polar surface area (TPSA) is 70.7 Å². The summed E-state index contributed by atoms with van der Waals surface area (Å²) in [5, 5.41) is 5.69. The number of nitrogens with one attached hydrogen (secondary N) is 2. The Labute approximate surface area is 181 Å². The van der Waals surface area contributed by atoms with Crippen LogP contribution in [-0.4, -0.2) is 25.1 Å². The van der Waals surface area contributed by atoms with Gasteiger partial charge in [0.2, 0.25) is 0 Å². The molecule has 3 amide bonds. The van der Waals surface area contributed by atoms with Crippen LogP contribution in [0.1, 0.15) is 28.4 Å². The SMILES string of the molecule is CCOc1ccc(NC(=O)NCc2ccc3c(c2)CCN3C(=O)c2ccccc2)cc1. The molecule has 0 saturated carbocycles.